The van der Waals surface area contributed by atoms with Crippen LogP contribution in [-0.2, 0) is 14.3 Å². The van der Waals surface area contributed by atoms with E-state index < -0.39 is 5.97 Å². The van der Waals surface area contributed by atoms with Crippen LogP contribution in [0.4, 0.5) is 0 Å². The van der Waals surface area contributed by atoms with Crippen LogP contribution < -0.4 is 5.32 Å². The van der Waals surface area contributed by atoms with Crippen molar-refractivity contribution in [1.29, 1.82) is 0 Å². The van der Waals surface area contributed by atoms with Gasteiger partial charge in [-0.2, -0.15) is 0 Å². The normalized spacial score (nSPS) is 18.4. The van der Waals surface area contributed by atoms with Gasteiger partial charge in [0, 0.05) is 7.11 Å². The third kappa shape index (κ3) is 2.70. The first-order valence-electron chi connectivity index (χ1n) is 4.62. The molecule has 0 aromatic carbocycles. The summed E-state index contributed by atoms with van der Waals surface area (Å²) in [6.07, 6.45) is 3.09. The first-order valence-corrected chi connectivity index (χ1v) is 4.62. The van der Waals surface area contributed by atoms with Crippen molar-refractivity contribution in [3.8, 4) is 0 Å². The van der Waals surface area contributed by atoms with E-state index in [1.807, 2.05) is 0 Å². The number of aliphatic carboxylic acids is 1. The molecule has 1 aliphatic carbocycles. The van der Waals surface area contributed by atoms with Crippen molar-refractivity contribution in [1.82, 2.24) is 5.32 Å². The van der Waals surface area contributed by atoms with E-state index in [0.717, 1.165) is 19.3 Å². The molecule has 80 valence electrons. The van der Waals surface area contributed by atoms with Gasteiger partial charge in [0.25, 0.3) is 0 Å². The summed E-state index contributed by atoms with van der Waals surface area (Å²) in [4.78, 5) is 21.4. The van der Waals surface area contributed by atoms with E-state index in [4.69, 9.17) is 9.84 Å². The van der Waals surface area contributed by atoms with Crippen LogP contribution >= 0.6 is 0 Å². The third-order valence-electron chi connectivity index (χ3n) is 2.62. The summed E-state index contributed by atoms with van der Waals surface area (Å²) in [5.41, 5.74) is -0.331. The zero-order chi connectivity index (χ0) is 10.6. The molecule has 0 heterocycles. The minimum Gasteiger partial charge on any atom is -0.480 e. The summed E-state index contributed by atoms with van der Waals surface area (Å²) >= 11 is 0. The molecule has 0 atom stereocenters. The van der Waals surface area contributed by atoms with Crippen molar-refractivity contribution in [3.05, 3.63) is 0 Å². The van der Waals surface area contributed by atoms with Gasteiger partial charge in [-0.1, -0.05) is 0 Å². The molecule has 5 heteroatoms. The van der Waals surface area contributed by atoms with E-state index in [2.05, 4.69) is 5.32 Å². The van der Waals surface area contributed by atoms with Crippen molar-refractivity contribution < 1.29 is 19.4 Å². The Labute approximate surface area is 82.4 Å². The van der Waals surface area contributed by atoms with Crippen molar-refractivity contribution in [2.24, 2.45) is 0 Å². The Morgan fingerprint density at radius 2 is 2.14 bits per heavy atom. The Kier molecular flexibility index (Phi) is 3.46. The summed E-state index contributed by atoms with van der Waals surface area (Å²) in [6.45, 7) is -0.321. The van der Waals surface area contributed by atoms with E-state index in [0.29, 0.717) is 0 Å². The number of carboxylic acid groups (broad SMARTS) is 1. The first kappa shape index (κ1) is 11.0. The number of amides is 1. The molecule has 5 nitrogen and oxygen atoms in total. The molecule has 0 radical (unpaired) electrons. The molecule has 0 unspecified atom stereocenters. The largest absolute Gasteiger partial charge is 0.480 e. The molecular weight excluding hydrogens is 186 g/mol. The predicted molar refractivity (Wildman–Crippen MR) is 48.9 cm³/mol. The van der Waals surface area contributed by atoms with E-state index in [9.17, 15) is 9.59 Å². The average molecular weight is 201 g/mol. The Balaban J connectivity index is 2.28. The lowest BCUT2D eigenvalue weighted by Crippen LogP contribution is -2.44. The Morgan fingerprint density at radius 3 is 2.50 bits per heavy atom. The number of rotatable bonds is 5. The van der Waals surface area contributed by atoms with Gasteiger partial charge < -0.3 is 15.2 Å². The maximum absolute atomic E-state index is 11.3. The second-order valence-corrected chi connectivity index (χ2v) is 3.59. The molecule has 1 saturated carbocycles. The molecule has 0 spiro atoms. The summed E-state index contributed by atoms with van der Waals surface area (Å²) in [7, 11) is 1.59. The Hall–Kier alpha value is -1.10. The molecule has 1 fully saturated rings. The van der Waals surface area contributed by atoms with E-state index in [1.165, 1.54) is 0 Å². The second kappa shape index (κ2) is 4.41. The Bertz CT molecular complexity index is 229. The van der Waals surface area contributed by atoms with Crippen LogP contribution in [0.2, 0.25) is 0 Å². The quantitative estimate of drug-likeness (QED) is 0.663. The molecule has 0 bridgehead atoms. The highest BCUT2D eigenvalue weighted by Crippen LogP contribution is 2.37. The molecule has 2 N–H and O–H groups in total. The molecule has 0 saturated heterocycles. The predicted octanol–water partition coefficient (Wildman–Crippen LogP) is 0.146. The van der Waals surface area contributed by atoms with Gasteiger partial charge in [0.05, 0.1) is 12.0 Å². The number of carbonyl (C=O) groups is 2. The fourth-order valence-corrected chi connectivity index (χ4v) is 1.55. The van der Waals surface area contributed by atoms with Crippen molar-refractivity contribution in [2.45, 2.75) is 31.3 Å². The highest BCUT2D eigenvalue weighted by molar-refractivity contribution is 5.81. The van der Waals surface area contributed by atoms with Gasteiger partial charge in [0.1, 0.15) is 6.54 Å². The van der Waals surface area contributed by atoms with Gasteiger partial charge in [-0.3, -0.25) is 9.59 Å². The minimum absolute atomic E-state index is 0.256. The summed E-state index contributed by atoms with van der Waals surface area (Å²) in [6, 6.07) is 0. The number of hydrogen-bond acceptors (Lipinski definition) is 3. The van der Waals surface area contributed by atoms with E-state index >= 15 is 0 Å². The fourth-order valence-electron chi connectivity index (χ4n) is 1.55. The number of carboxylic acids is 1. The standard InChI is InChI=1S/C9H15NO4/c1-14-9(3-2-4-9)5-7(11)10-6-8(12)13/h2-6H2,1H3,(H,10,11)(H,12,13). The number of carbonyl (C=O) groups excluding carboxylic acids is 1. The smallest absolute Gasteiger partial charge is 0.322 e. The minimum atomic E-state index is -1.03. The maximum atomic E-state index is 11.3. The van der Waals surface area contributed by atoms with Crippen LogP contribution in [0.15, 0.2) is 0 Å². The molecule has 1 aliphatic rings. The zero-order valence-corrected chi connectivity index (χ0v) is 8.21. The van der Waals surface area contributed by atoms with Crippen molar-refractivity contribution >= 4 is 11.9 Å². The van der Waals surface area contributed by atoms with E-state index in [1.54, 1.807) is 7.11 Å². The molecule has 1 amide bonds. The zero-order valence-electron chi connectivity index (χ0n) is 8.21. The van der Waals surface area contributed by atoms with Crippen molar-refractivity contribution in [3.63, 3.8) is 0 Å². The van der Waals surface area contributed by atoms with Crippen LogP contribution in [0.3, 0.4) is 0 Å². The highest BCUT2D eigenvalue weighted by Gasteiger charge is 2.38. The highest BCUT2D eigenvalue weighted by atomic mass is 16.5. The van der Waals surface area contributed by atoms with Gasteiger partial charge in [0.2, 0.25) is 5.91 Å². The van der Waals surface area contributed by atoms with Crippen molar-refractivity contribution in [2.75, 3.05) is 13.7 Å². The fraction of sp³-hybridized carbons (Fsp3) is 0.778. The van der Waals surface area contributed by atoms with Gasteiger partial charge in [-0.05, 0) is 19.3 Å². The SMILES string of the molecule is COC1(CC(=O)NCC(=O)O)CCC1. The molecule has 0 aromatic heterocycles. The summed E-state index contributed by atoms with van der Waals surface area (Å²) in [5, 5.41) is 10.7. The van der Waals surface area contributed by atoms with Crippen LogP contribution in [0.5, 0.6) is 0 Å². The topological polar surface area (TPSA) is 75.6 Å². The lowest BCUT2D eigenvalue weighted by molar-refractivity contribution is -0.141. The lowest BCUT2D eigenvalue weighted by Gasteiger charge is -2.39. The van der Waals surface area contributed by atoms with Crippen LogP contribution in [0, 0.1) is 0 Å². The van der Waals surface area contributed by atoms with Crippen LogP contribution in [-0.4, -0.2) is 36.2 Å². The number of ether oxygens (including phenoxy) is 1. The molecule has 0 aliphatic heterocycles. The lowest BCUT2D eigenvalue weighted by atomic mass is 9.77. The monoisotopic (exact) mass is 201 g/mol. The van der Waals surface area contributed by atoms with Gasteiger partial charge in [-0.25, -0.2) is 0 Å². The van der Waals surface area contributed by atoms with Gasteiger partial charge in [0.15, 0.2) is 0 Å². The van der Waals surface area contributed by atoms with E-state index in [-0.39, 0.29) is 24.5 Å². The van der Waals surface area contributed by atoms with Crippen LogP contribution in [0.25, 0.3) is 0 Å². The number of hydrogen-bond donors (Lipinski definition) is 2. The second-order valence-electron chi connectivity index (χ2n) is 3.59. The number of methoxy groups -OCH3 is 1. The third-order valence-corrected chi connectivity index (χ3v) is 2.62. The van der Waals surface area contributed by atoms with Gasteiger partial charge >= 0.3 is 5.97 Å². The first-order chi connectivity index (χ1) is 6.58. The van der Waals surface area contributed by atoms with Crippen LogP contribution in [0.1, 0.15) is 25.7 Å². The number of nitrogens with one attached hydrogen (secondary N) is 1. The Morgan fingerprint density at radius 1 is 1.50 bits per heavy atom. The maximum Gasteiger partial charge on any atom is 0.322 e. The summed E-state index contributed by atoms with van der Waals surface area (Å²) in [5.74, 6) is -1.28. The molecule has 1 rings (SSSR count). The summed E-state index contributed by atoms with van der Waals surface area (Å²) < 4.78 is 5.24. The molecule has 14 heavy (non-hydrogen) atoms. The van der Waals surface area contributed by atoms with Gasteiger partial charge in [-0.15, -0.1) is 0 Å². The molecule has 0 aromatic rings. The molecular formula is C9H15NO4. The average Bonchev–Trinajstić information content (AvgIpc) is 2.08.